The van der Waals surface area contributed by atoms with Crippen LogP contribution in [0.25, 0.3) is 11.2 Å². The minimum absolute atomic E-state index is 0.129. The van der Waals surface area contributed by atoms with E-state index < -0.39 is 0 Å². The number of Topliss-reactive ketones (excluding diaryl/α,β-unsaturated/α-hetero) is 1. The molecule has 0 atom stereocenters. The van der Waals surface area contributed by atoms with Crippen molar-refractivity contribution in [2.24, 2.45) is 0 Å². The Morgan fingerprint density at radius 2 is 2.27 bits per heavy atom. The van der Waals surface area contributed by atoms with E-state index in [0.717, 1.165) is 0 Å². The molecule has 0 amide bonds. The number of hydrogen-bond acceptors (Lipinski definition) is 4. The summed E-state index contributed by atoms with van der Waals surface area (Å²) >= 11 is 5.92. The average Bonchev–Trinajstić information content (AvgIpc) is 2.59. The highest BCUT2D eigenvalue weighted by molar-refractivity contribution is 6.33. The first kappa shape index (κ1) is 10.0. The van der Waals surface area contributed by atoms with Crippen LogP contribution in [0.3, 0.4) is 0 Å². The van der Waals surface area contributed by atoms with Gasteiger partial charge in [0.15, 0.2) is 10.8 Å². The van der Waals surface area contributed by atoms with Gasteiger partial charge < -0.3 is 4.57 Å². The van der Waals surface area contributed by atoms with Crippen molar-refractivity contribution in [3.63, 3.8) is 0 Å². The number of hydrogen-bond donors (Lipinski definition) is 0. The number of aryl methyl sites for hydroxylation is 1. The Hall–Kier alpha value is -1.49. The van der Waals surface area contributed by atoms with Gasteiger partial charge in [-0.25, -0.2) is 15.0 Å². The Balaban J connectivity index is 2.39. The molecule has 0 aliphatic carbocycles. The zero-order valence-corrected chi connectivity index (χ0v) is 8.90. The first-order valence-electron chi connectivity index (χ1n) is 4.49. The highest BCUT2D eigenvalue weighted by atomic mass is 35.5. The van der Waals surface area contributed by atoms with Crippen molar-refractivity contribution in [1.29, 1.82) is 0 Å². The molecule has 0 unspecified atom stereocenters. The van der Waals surface area contributed by atoms with Crippen LogP contribution in [-0.4, -0.2) is 25.3 Å². The summed E-state index contributed by atoms with van der Waals surface area (Å²) in [5.41, 5.74) is 1.24. The van der Waals surface area contributed by atoms with Crippen molar-refractivity contribution >= 4 is 28.5 Å². The Labute approximate surface area is 91.1 Å². The molecule has 2 aromatic rings. The van der Waals surface area contributed by atoms with Crippen LogP contribution in [0.15, 0.2) is 12.7 Å². The number of aromatic nitrogens is 4. The van der Waals surface area contributed by atoms with E-state index in [9.17, 15) is 4.79 Å². The summed E-state index contributed by atoms with van der Waals surface area (Å²) in [6, 6.07) is 0. The Kier molecular flexibility index (Phi) is 2.64. The van der Waals surface area contributed by atoms with Crippen LogP contribution in [-0.2, 0) is 11.3 Å². The van der Waals surface area contributed by atoms with Gasteiger partial charge in [-0.3, -0.25) is 4.79 Å². The van der Waals surface area contributed by atoms with Gasteiger partial charge in [0, 0.05) is 13.0 Å². The first-order valence-corrected chi connectivity index (χ1v) is 4.87. The van der Waals surface area contributed by atoms with Gasteiger partial charge in [-0.1, -0.05) is 11.6 Å². The smallest absolute Gasteiger partial charge is 0.182 e. The van der Waals surface area contributed by atoms with E-state index >= 15 is 0 Å². The summed E-state index contributed by atoms with van der Waals surface area (Å²) in [4.78, 5) is 22.8. The third kappa shape index (κ3) is 1.97. The quantitative estimate of drug-likeness (QED) is 0.741. The zero-order chi connectivity index (χ0) is 10.8. The van der Waals surface area contributed by atoms with Gasteiger partial charge in [-0.15, -0.1) is 0 Å². The number of nitrogens with zero attached hydrogens (tertiary/aromatic N) is 4. The molecule has 0 spiro atoms. The van der Waals surface area contributed by atoms with Crippen molar-refractivity contribution in [2.75, 3.05) is 0 Å². The third-order valence-corrected chi connectivity index (χ3v) is 2.35. The maximum atomic E-state index is 10.9. The monoisotopic (exact) mass is 224 g/mol. The van der Waals surface area contributed by atoms with E-state index in [1.54, 1.807) is 17.8 Å². The average molecular weight is 225 g/mol. The SMILES string of the molecule is CC(=O)CCn1cnc2ncnc(Cl)c21. The van der Waals surface area contributed by atoms with Crippen LogP contribution >= 0.6 is 11.6 Å². The predicted molar refractivity (Wildman–Crippen MR) is 55.6 cm³/mol. The van der Waals surface area contributed by atoms with Gasteiger partial charge >= 0.3 is 0 Å². The molecule has 0 N–H and O–H groups in total. The Morgan fingerprint density at radius 1 is 1.47 bits per heavy atom. The van der Waals surface area contributed by atoms with Crippen molar-refractivity contribution in [2.45, 2.75) is 19.9 Å². The zero-order valence-electron chi connectivity index (χ0n) is 8.14. The molecule has 78 valence electrons. The molecule has 0 radical (unpaired) electrons. The number of rotatable bonds is 3. The van der Waals surface area contributed by atoms with Gasteiger partial charge in [0.2, 0.25) is 0 Å². The van der Waals surface area contributed by atoms with Gasteiger partial charge in [-0.05, 0) is 6.92 Å². The summed E-state index contributed by atoms with van der Waals surface area (Å²) < 4.78 is 1.79. The predicted octanol–water partition coefficient (Wildman–Crippen LogP) is 1.46. The second-order valence-corrected chi connectivity index (χ2v) is 3.58. The lowest BCUT2D eigenvalue weighted by atomic mass is 10.3. The van der Waals surface area contributed by atoms with Crippen LogP contribution in [0.4, 0.5) is 0 Å². The minimum Gasteiger partial charge on any atom is -0.326 e. The summed E-state index contributed by atoms with van der Waals surface area (Å²) in [5, 5.41) is 0.362. The Bertz CT molecular complexity index is 508. The molecule has 0 saturated carbocycles. The molecule has 2 aromatic heterocycles. The maximum absolute atomic E-state index is 10.9. The standard InChI is InChI=1S/C9H9ClN4O/c1-6(15)2-3-14-5-13-9-7(14)8(10)11-4-12-9/h4-5H,2-3H2,1H3. The van der Waals surface area contributed by atoms with Crippen LogP contribution < -0.4 is 0 Å². The summed E-state index contributed by atoms with van der Waals surface area (Å²) in [5.74, 6) is 0.129. The molecule has 0 aliphatic heterocycles. The van der Waals surface area contributed by atoms with E-state index in [4.69, 9.17) is 11.6 Å². The van der Waals surface area contributed by atoms with Crippen LogP contribution in [0.2, 0.25) is 5.15 Å². The lowest BCUT2D eigenvalue weighted by Crippen LogP contribution is -2.02. The van der Waals surface area contributed by atoms with Gasteiger partial charge in [-0.2, -0.15) is 0 Å². The van der Waals surface area contributed by atoms with Crippen molar-refractivity contribution in [3.05, 3.63) is 17.8 Å². The summed E-state index contributed by atoms with van der Waals surface area (Å²) in [7, 11) is 0. The largest absolute Gasteiger partial charge is 0.326 e. The maximum Gasteiger partial charge on any atom is 0.182 e. The van der Waals surface area contributed by atoms with Crippen LogP contribution in [0.5, 0.6) is 0 Å². The van der Waals surface area contributed by atoms with Crippen molar-refractivity contribution < 1.29 is 4.79 Å². The molecular formula is C9H9ClN4O. The van der Waals surface area contributed by atoms with Gasteiger partial charge in [0.05, 0.1) is 6.33 Å². The summed E-state index contributed by atoms with van der Waals surface area (Å²) in [6.45, 7) is 2.11. The molecular weight excluding hydrogens is 216 g/mol. The highest BCUT2D eigenvalue weighted by Crippen LogP contribution is 2.18. The van der Waals surface area contributed by atoms with E-state index in [0.29, 0.717) is 29.3 Å². The molecule has 6 heteroatoms. The molecule has 15 heavy (non-hydrogen) atoms. The van der Waals surface area contributed by atoms with Gasteiger partial charge in [0.1, 0.15) is 17.6 Å². The number of carbonyl (C=O) groups excluding carboxylic acids is 1. The number of carbonyl (C=O) groups is 1. The Morgan fingerprint density at radius 3 is 3.00 bits per heavy atom. The highest BCUT2D eigenvalue weighted by Gasteiger charge is 2.08. The number of fused-ring (bicyclic) bond motifs is 1. The molecule has 0 bridgehead atoms. The van der Waals surface area contributed by atoms with Crippen LogP contribution in [0.1, 0.15) is 13.3 Å². The van der Waals surface area contributed by atoms with Crippen LogP contribution in [0, 0.1) is 0 Å². The van der Waals surface area contributed by atoms with Crippen molar-refractivity contribution in [3.8, 4) is 0 Å². The number of halogens is 1. The fourth-order valence-corrected chi connectivity index (χ4v) is 1.56. The van der Waals surface area contributed by atoms with Gasteiger partial charge in [0.25, 0.3) is 0 Å². The van der Waals surface area contributed by atoms with E-state index in [1.165, 1.54) is 6.33 Å². The lowest BCUT2D eigenvalue weighted by Gasteiger charge is -2.01. The second-order valence-electron chi connectivity index (χ2n) is 3.23. The van der Waals surface area contributed by atoms with E-state index in [-0.39, 0.29) is 5.78 Å². The van der Waals surface area contributed by atoms with E-state index in [1.807, 2.05) is 0 Å². The molecule has 0 aromatic carbocycles. The fraction of sp³-hybridized carbons (Fsp3) is 0.333. The van der Waals surface area contributed by atoms with Crippen molar-refractivity contribution in [1.82, 2.24) is 19.5 Å². The molecule has 2 rings (SSSR count). The number of imidazole rings is 1. The first-order chi connectivity index (χ1) is 7.18. The molecule has 2 heterocycles. The second kappa shape index (κ2) is 3.94. The minimum atomic E-state index is 0.129. The van der Waals surface area contributed by atoms with E-state index in [2.05, 4.69) is 15.0 Å². The lowest BCUT2D eigenvalue weighted by molar-refractivity contribution is -0.117. The molecule has 0 aliphatic rings. The molecule has 0 saturated heterocycles. The fourth-order valence-electron chi connectivity index (χ4n) is 1.32. The third-order valence-electron chi connectivity index (χ3n) is 2.07. The summed E-state index contributed by atoms with van der Waals surface area (Å²) in [6.07, 6.45) is 3.44. The molecule has 5 nitrogen and oxygen atoms in total. The molecule has 0 fully saturated rings. The topological polar surface area (TPSA) is 60.7 Å². The normalized spacial score (nSPS) is 10.8. The number of ketones is 1.